The molecule has 0 aliphatic carbocycles. The number of imidazole rings is 1. The van der Waals surface area contributed by atoms with E-state index in [1.165, 1.54) is 10.9 Å². The highest BCUT2D eigenvalue weighted by Crippen LogP contribution is 2.46. The van der Waals surface area contributed by atoms with Crippen LogP contribution in [0.1, 0.15) is 56.0 Å². The van der Waals surface area contributed by atoms with Crippen molar-refractivity contribution in [2.45, 2.75) is 50.9 Å². The number of piperidine rings is 1. The Balaban J connectivity index is 1.73. The van der Waals surface area contributed by atoms with Crippen LogP contribution in [0.15, 0.2) is 109 Å². The van der Waals surface area contributed by atoms with Crippen LogP contribution in [-0.4, -0.2) is 43.9 Å². The third-order valence-corrected chi connectivity index (χ3v) is 7.03. The van der Waals surface area contributed by atoms with Crippen molar-refractivity contribution < 1.29 is 14.6 Å². The molecular formula is C33H35N3O3. The Morgan fingerprint density at radius 1 is 0.897 bits per heavy atom. The van der Waals surface area contributed by atoms with E-state index >= 15 is 0 Å². The Labute approximate surface area is 230 Å². The molecule has 0 saturated carbocycles. The molecule has 1 aromatic heterocycles. The molecule has 1 unspecified atom stereocenters. The second-order valence-electron chi connectivity index (χ2n) is 10.9. The number of aliphatic hydroxyl groups excluding tert-OH is 1. The van der Waals surface area contributed by atoms with Crippen molar-refractivity contribution in [3.63, 3.8) is 0 Å². The van der Waals surface area contributed by atoms with E-state index in [0.29, 0.717) is 25.1 Å². The molecule has 0 spiro atoms. The highest BCUT2D eigenvalue weighted by atomic mass is 16.6. The van der Waals surface area contributed by atoms with Crippen LogP contribution in [-0.2, 0) is 10.3 Å². The molecule has 1 atom stereocenters. The molecule has 200 valence electrons. The van der Waals surface area contributed by atoms with Crippen molar-refractivity contribution in [1.29, 1.82) is 0 Å². The smallest absolute Gasteiger partial charge is 0.420 e. The normalized spacial score (nSPS) is 17.3. The Morgan fingerprint density at radius 2 is 1.41 bits per heavy atom. The van der Waals surface area contributed by atoms with Crippen LogP contribution >= 0.6 is 0 Å². The number of hydrogen-bond acceptors (Lipinski definition) is 5. The number of aliphatic hydroxyl groups is 1. The number of ether oxygens (including phenoxy) is 1. The number of nitrogens with zero attached hydrogens (tertiary/aromatic N) is 3. The van der Waals surface area contributed by atoms with Gasteiger partial charge in [-0.1, -0.05) is 91.0 Å². The van der Waals surface area contributed by atoms with Gasteiger partial charge in [-0.15, -0.1) is 0 Å². The van der Waals surface area contributed by atoms with Gasteiger partial charge in [0.25, 0.3) is 0 Å². The molecule has 3 aromatic carbocycles. The van der Waals surface area contributed by atoms with Crippen molar-refractivity contribution in [1.82, 2.24) is 14.5 Å². The molecule has 6 heteroatoms. The Morgan fingerprint density at radius 3 is 1.90 bits per heavy atom. The van der Waals surface area contributed by atoms with Crippen LogP contribution in [0.2, 0.25) is 0 Å². The van der Waals surface area contributed by atoms with Gasteiger partial charge >= 0.3 is 6.09 Å². The molecule has 5 rings (SSSR count). The van der Waals surface area contributed by atoms with Crippen LogP contribution in [0, 0.1) is 0 Å². The lowest BCUT2D eigenvalue weighted by Gasteiger charge is -2.50. The predicted octanol–water partition coefficient (Wildman–Crippen LogP) is 6.46. The molecule has 2 heterocycles. The van der Waals surface area contributed by atoms with Gasteiger partial charge in [0.2, 0.25) is 0 Å². The molecule has 39 heavy (non-hydrogen) atoms. The highest BCUT2D eigenvalue weighted by molar-refractivity contribution is 5.74. The molecule has 4 aromatic rings. The van der Waals surface area contributed by atoms with Gasteiger partial charge in [0.15, 0.2) is 0 Å². The molecule has 1 saturated heterocycles. The summed E-state index contributed by atoms with van der Waals surface area (Å²) in [5.74, 6) is 0. The lowest BCUT2D eigenvalue weighted by molar-refractivity contribution is 0.0535. The van der Waals surface area contributed by atoms with Crippen LogP contribution in [0.4, 0.5) is 4.79 Å². The minimum atomic E-state index is -0.674. The average molecular weight is 522 g/mol. The number of rotatable bonds is 5. The zero-order valence-corrected chi connectivity index (χ0v) is 22.7. The quantitative estimate of drug-likeness (QED) is 0.306. The lowest BCUT2D eigenvalue weighted by Crippen LogP contribution is -2.51. The Bertz CT molecular complexity index is 1330. The molecule has 6 nitrogen and oxygen atoms in total. The van der Waals surface area contributed by atoms with Gasteiger partial charge in [0, 0.05) is 18.7 Å². The first-order valence-corrected chi connectivity index (χ1v) is 13.4. The van der Waals surface area contributed by atoms with Crippen LogP contribution in [0.25, 0.3) is 6.08 Å². The molecule has 1 fully saturated rings. The predicted molar refractivity (Wildman–Crippen MR) is 153 cm³/mol. The highest BCUT2D eigenvalue weighted by Gasteiger charge is 2.44. The summed E-state index contributed by atoms with van der Waals surface area (Å²) in [6.07, 6.45) is 5.17. The van der Waals surface area contributed by atoms with E-state index in [1.807, 2.05) is 45.0 Å². The fourth-order valence-electron chi connectivity index (χ4n) is 5.45. The third kappa shape index (κ3) is 5.38. The number of likely N-dealkylation sites (tertiary alicyclic amines) is 1. The average Bonchev–Trinajstić information content (AvgIpc) is 3.39. The van der Waals surface area contributed by atoms with Gasteiger partial charge in [-0.3, -0.25) is 0 Å². The number of hydrogen-bond donors (Lipinski definition) is 1. The van der Waals surface area contributed by atoms with Crippen molar-refractivity contribution in [3.8, 4) is 0 Å². The maximum absolute atomic E-state index is 13.0. The fourth-order valence-corrected chi connectivity index (χ4v) is 5.45. The maximum Gasteiger partial charge on any atom is 0.420 e. The summed E-state index contributed by atoms with van der Waals surface area (Å²) in [5, 5.41) is 10.9. The lowest BCUT2D eigenvalue weighted by atomic mass is 9.74. The Kier molecular flexibility index (Phi) is 7.40. The van der Waals surface area contributed by atoms with E-state index < -0.39 is 23.3 Å². The number of carbonyl (C=O) groups is 1. The van der Waals surface area contributed by atoms with Gasteiger partial charge in [-0.05, 0) is 50.0 Å². The van der Waals surface area contributed by atoms with E-state index in [4.69, 9.17) is 4.74 Å². The van der Waals surface area contributed by atoms with E-state index in [-0.39, 0.29) is 0 Å². The van der Waals surface area contributed by atoms with Crippen LogP contribution in [0.3, 0.4) is 0 Å². The standard InChI is InChI=1S/C33H35N3O3/c1-32(2,3)39-31(38)35-24-34-23-29(35)21-28-22-30(37)19-20-36(28)33(25-13-7-4-8-14-25,26-15-9-5-10-16-26)27-17-11-6-12-18-27/h4-18,21,23-24,30,37H,19-20,22H2,1-3H3. The van der Waals surface area contributed by atoms with Gasteiger partial charge < -0.3 is 14.7 Å². The summed E-state index contributed by atoms with van der Waals surface area (Å²) in [5.41, 5.74) is 3.55. The fraction of sp³-hybridized carbons (Fsp3) is 0.273. The molecule has 0 amide bonds. The SMILES string of the molecule is CC(C)(C)OC(=O)n1cncc1C=C1CC(O)CCN1C(c1ccccc1)(c1ccccc1)c1ccccc1. The van der Waals surface area contributed by atoms with Crippen LogP contribution < -0.4 is 0 Å². The first kappa shape index (κ1) is 26.4. The van der Waals surface area contributed by atoms with E-state index in [9.17, 15) is 9.90 Å². The van der Waals surface area contributed by atoms with E-state index in [0.717, 1.165) is 22.4 Å². The summed E-state index contributed by atoms with van der Waals surface area (Å²) in [7, 11) is 0. The van der Waals surface area contributed by atoms with E-state index in [2.05, 4.69) is 82.7 Å². The van der Waals surface area contributed by atoms with Gasteiger partial charge in [-0.25, -0.2) is 14.3 Å². The summed E-state index contributed by atoms with van der Waals surface area (Å²) in [4.78, 5) is 19.6. The monoisotopic (exact) mass is 521 g/mol. The molecule has 1 N–H and O–H groups in total. The van der Waals surface area contributed by atoms with Gasteiger partial charge in [-0.2, -0.15) is 0 Å². The number of benzene rings is 3. The zero-order valence-electron chi connectivity index (χ0n) is 22.7. The Hall–Kier alpha value is -4.16. The van der Waals surface area contributed by atoms with Crippen molar-refractivity contribution in [2.24, 2.45) is 0 Å². The zero-order chi connectivity index (χ0) is 27.5. The maximum atomic E-state index is 13.0. The topological polar surface area (TPSA) is 67.6 Å². The summed E-state index contributed by atoms with van der Waals surface area (Å²) >= 11 is 0. The van der Waals surface area contributed by atoms with Crippen molar-refractivity contribution in [3.05, 3.63) is 132 Å². The molecule has 0 radical (unpaired) electrons. The molecular weight excluding hydrogens is 486 g/mol. The van der Waals surface area contributed by atoms with Crippen molar-refractivity contribution >= 4 is 12.2 Å². The van der Waals surface area contributed by atoms with Crippen LogP contribution in [0.5, 0.6) is 0 Å². The largest absolute Gasteiger partial charge is 0.443 e. The van der Waals surface area contributed by atoms with Gasteiger partial charge in [0.05, 0.1) is 18.0 Å². The number of aromatic nitrogens is 2. The second-order valence-corrected chi connectivity index (χ2v) is 10.9. The first-order chi connectivity index (χ1) is 18.8. The molecule has 0 bridgehead atoms. The summed E-state index contributed by atoms with van der Waals surface area (Å²) in [6.45, 7) is 6.14. The summed E-state index contributed by atoms with van der Waals surface area (Å²) in [6, 6.07) is 31.4. The minimum absolute atomic E-state index is 0.438. The van der Waals surface area contributed by atoms with Crippen molar-refractivity contribution in [2.75, 3.05) is 6.54 Å². The first-order valence-electron chi connectivity index (χ1n) is 13.4. The second kappa shape index (κ2) is 10.9. The molecule has 1 aliphatic rings. The minimum Gasteiger partial charge on any atom is -0.443 e. The third-order valence-electron chi connectivity index (χ3n) is 7.03. The molecule has 1 aliphatic heterocycles. The van der Waals surface area contributed by atoms with Gasteiger partial charge in [0.1, 0.15) is 17.5 Å². The summed E-state index contributed by atoms with van der Waals surface area (Å²) < 4.78 is 7.05. The van der Waals surface area contributed by atoms with E-state index in [1.54, 1.807) is 6.20 Å². The number of carbonyl (C=O) groups excluding carboxylic acids is 1.